The Hall–Kier alpha value is -1.13. The summed E-state index contributed by atoms with van der Waals surface area (Å²) in [4.78, 5) is 1.69. The van der Waals surface area contributed by atoms with Gasteiger partial charge in [0.25, 0.3) is 0 Å². The lowest BCUT2D eigenvalue weighted by atomic mass is 10.1. The fourth-order valence-corrected chi connectivity index (χ4v) is 2.34. The van der Waals surface area contributed by atoms with Gasteiger partial charge in [0, 0.05) is 12.7 Å². The minimum absolute atomic E-state index is 0.0187. The average molecular weight is 294 g/mol. The molecule has 1 aromatic carbocycles. The number of rotatable bonds is 1. The number of alkyl halides is 3. The molecule has 0 bridgehead atoms. The predicted molar refractivity (Wildman–Crippen MR) is 67.1 cm³/mol. The second-order valence-electron chi connectivity index (χ2n) is 3.71. The third-order valence-electron chi connectivity index (χ3n) is 2.45. The van der Waals surface area contributed by atoms with Gasteiger partial charge in [-0.15, -0.1) is 0 Å². The maximum atomic E-state index is 12.6. The molecular weight excluding hydrogens is 286 g/mol. The van der Waals surface area contributed by atoms with Crippen molar-refractivity contribution in [2.24, 2.45) is 0 Å². The Balaban J connectivity index is 2.44. The van der Waals surface area contributed by atoms with Crippen LogP contribution in [0.4, 0.5) is 18.9 Å². The molecule has 0 atom stereocenters. The Morgan fingerprint density at radius 1 is 1.06 bits per heavy atom. The number of anilines is 1. The van der Waals surface area contributed by atoms with Crippen molar-refractivity contribution in [3.8, 4) is 0 Å². The Morgan fingerprint density at radius 2 is 1.67 bits per heavy atom. The van der Waals surface area contributed by atoms with Crippen molar-refractivity contribution < 1.29 is 13.2 Å². The number of nitrogens with zero attached hydrogens (tertiary/aromatic N) is 1. The van der Waals surface area contributed by atoms with Crippen molar-refractivity contribution in [3.63, 3.8) is 0 Å². The molecule has 0 aliphatic carbocycles. The number of benzene rings is 1. The molecule has 0 N–H and O–H groups in total. The monoisotopic (exact) mass is 293 g/mol. The molecule has 0 fully saturated rings. The summed E-state index contributed by atoms with van der Waals surface area (Å²) in [6.45, 7) is 0.515. The molecule has 1 heterocycles. The normalized spacial score (nSPS) is 15.3. The van der Waals surface area contributed by atoms with Crippen molar-refractivity contribution in [2.75, 3.05) is 11.4 Å². The van der Waals surface area contributed by atoms with E-state index < -0.39 is 11.7 Å². The zero-order chi connectivity index (χ0) is 13.3. The first-order chi connectivity index (χ1) is 8.39. The highest BCUT2D eigenvalue weighted by Gasteiger charge is 2.32. The van der Waals surface area contributed by atoms with Gasteiger partial charge >= 0.3 is 6.18 Å². The Kier molecular flexibility index (Phi) is 3.59. The van der Waals surface area contributed by atoms with Crippen LogP contribution >= 0.6 is 23.2 Å². The van der Waals surface area contributed by atoms with Crippen molar-refractivity contribution in [2.45, 2.75) is 6.18 Å². The summed E-state index contributed by atoms with van der Waals surface area (Å²) in [6, 6.07) is 1.77. The van der Waals surface area contributed by atoms with Crippen LogP contribution in [-0.4, -0.2) is 6.54 Å². The van der Waals surface area contributed by atoms with Crippen molar-refractivity contribution in [3.05, 3.63) is 52.2 Å². The standard InChI is InChI=1S/C12H8Cl2F3N/c13-9-6-8(12(15,16)17)7-10(14)11(9)18-4-2-1-3-5-18/h1-4,6-7H,5H2. The van der Waals surface area contributed by atoms with E-state index in [0.29, 0.717) is 12.2 Å². The van der Waals surface area contributed by atoms with E-state index in [1.165, 1.54) is 0 Å². The number of hydrogen-bond acceptors (Lipinski definition) is 1. The molecule has 0 radical (unpaired) electrons. The maximum Gasteiger partial charge on any atom is 0.416 e. The second-order valence-corrected chi connectivity index (χ2v) is 4.52. The molecule has 1 aromatic rings. The topological polar surface area (TPSA) is 3.24 Å². The van der Waals surface area contributed by atoms with E-state index in [-0.39, 0.29) is 10.0 Å². The molecular formula is C12H8Cl2F3N. The summed E-state index contributed by atoms with van der Waals surface area (Å²) in [5.41, 5.74) is -0.468. The minimum Gasteiger partial charge on any atom is -0.342 e. The first kappa shape index (κ1) is 13.3. The summed E-state index contributed by atoms with van der Waals surface area (Å²) < 4.78 is 37.7. The van der Waals surface area contributed by atoms with Gasteiger partial charge in [-0.2, -0.15) is 13.2 Å². The summed E-state index contributed by atoms with van der Waals surface area (Å²) in [5.74, 6) is 0. The summed E-state index contributed by atoms with van der Waals surface area (Å²) >= 11 is 11.8. The first-order valence-corrected chi connectivity index (χ1v) is 5.81. The van der Waals surface area contributed by atoms with Crippen LogP contribution in [0.3, 0.4) is 0 Å². The molecule has 0 unspecified atom stereocenters. The van der Waals surface area contributed by atoms with Gasteiger partial charge in [0.05, 0.1) is 21.3 Å². The smallest absolute Gasteiger partial charge is 0.342 e. The first-order valence-electron chi connectivity index (χ1n) is 5.06. The number of allylic oxidation sites excluding steroid dienone is 2. The van der Waals surface area contributed by atoms with Crippen LogP contribution in [0.5, 0.6) is 0 Å². The van der Waals surface area contributed by atoms with Crippen LogP contribution in [0.15, 0.2) is 36.6 Å². The van der Waals surface area contributed by atoms with Gasteiger partial charge in [0.1, 0.15) is 0 Å². The fraction of sp³-hybridized carbons (Fsp3) is 0.167. The quantitative estimate of drug-likeness (QED) is 0.712. The van der Waals surface area contributed by atoms with Crippen LogP contribution in [0.25, 0.3) is 0 Å². The molecule has 96 valence electrons. The summed E-state index contributed by atoms with van der Waals surface area (Å²) in [5, 5.41) is -0.0375. The molecule has 2 rings (SSSR count). The maximum absolute atomic E-state index is 12.6. The molecule has 1 aliphatic heterocycles. The molecule has 0 aromatic heterocycles. The average Bonchev–Trinajstić information content (AvgIpc) is 2.28. The summed E-state index contributed by atoms with van der Waals surface area (Å²) in [6.07, 6.45) is 2.70. The van der Waals surface area contributed by atoms with Gasteiger partial charge in [-0.25, -0.2) is 0 Å². The van der Waals surface area contributed by atoms with Gasteiger partial charge in [0.2, 0.25) is 0 Å². The molecule has 1 aliphatic rings. The minimum atomic E-state index is -4.45. The largest absolute Gasteiger partial charge is 0.416 e. The SMILES string of the molecule is FC(F)(F)c1cc(Cl)c(N2C=CC=CC2)c(Cl)c1. The molecule has 0 spiro atoms. The number of halogens is 5. The lowest BCUT2D eigenvalue weighted by molar-refractivity contribution is -0.137. The lowest BCUT2D eigenvalue weighted by Gasteiger charge is -2.24. The van der Waals surface area contributed by atoms with E-state index in [1.54, 1.807) is 17.2 Å². The molecule has 1 nitrogen and oxygen atoms in total. The van der Waals surface area contributed by atoms with Crippen molar-refractivity contribution in [1.82, 2.24) is 0 Å². The van der Waals surface area contributed by atoms with Gasteiger partial charge < -0.3 is 4.90 Å². The van der Waals surface area contributed by atoms with Gasteiger partial charge in [0.15, 0.2) is 0 Å². The van der Waals surface area contributed by atoms with E-state index >= 15 is 0 Å². The van der Waals surface area contributed by atoms with Crippen LogP contribution in [0, 0.1) is 0 Å². The highest BCUT2D eigenvalue weighted by molar-refractivity contribution is 6.39. The molecule has 0 saturated carbocycles. The number of hydrogen-bond donors (Lipinski definition) is 0. The Bertz CT molecular complexity index is 498. The third-order valence-corrected chi connectivity index (χ3v) is 3.02. The lowest BCUT2D eigenvalue weighted by Crippen LogP contribution is -2.18. The van der Waals surface area contributed by atoms with Crippen LogP contribution in [-0.2, 0) is 6.18 Å². The van der Waals surface area contributed by atoms with E-state index in [9.17, 15) is 13.2 Å². The van der Waals surface area contributed by atoms with Gasteiger partial charge in [-0.1, -0.05) is 35.4 Å². The zero-order valence-electron chi connectivity index (χ0n) is 9.01. The van der Waals surface area contributed by atoms with Crippen molar-refractivity contribution >= 4 is 28.9 Å². The third kappa shape index (κ3) is 2.65. The van der Waals surface area contributed by atoms with Gasteiger partial charge in [-0.05, 0) is 18.2 Å². The molecule has 0 amide bonds. The Labute approximate surface area is 112 Å². The van der Waals surface area contributed by atoms with Gasteiger partial charge in [-0.3, -0.25) is 0 Å². The fourth-order valence-electron chi connectivity index (χ4n) is 1.64. The Morgan fingerprint density at radius 3 is 2.11 bits per heavy atom. The van der Waals surface area contributed by atoms with Crippen LogP contribution < -0.4 is 4.90 Å². The summed E-state index contributed by atoms with van der Waals surface area (Å²) in [7, 11) is 0. The zero-order valence-corrected chi connectivity index (χ0v) is 10.5. The van der Waals surface area contributed by atoms with E-state index in [4.69, 9.17) is 23.2 Å². The van der Waals surface area contributed by atoms with Crippen LogP contribution in [0.1, 0.15) is 5.56 Å². The highest BCUT2D eigenvalue weighted by atomic mass is 35.5. The predicted octanol–water partition coefficient (Wildman–Crippen LogP) is 4.90. The molecule has 6 heteroatoms. The molecule has 18 heavy (non-hydrogen) atoms. The van der Waals surface area contributed by atoms with E-state index in [0.717, 1.165) is 12.1 Å². The second kappa shape index (κ2) is 4.86. The van der Waals surface area contributed by atoms with E-state index in [1.807, 2.05) is 12.2 Å². The van der Waals surface area contributed by atoms with E-state index in [2.05, 4.69) is 0 Å². The van der Waals surface area contributed by atoms with Crippen molar-refractivity contribution in [1.29, 1.82) is 0 Å². The van der Waals surface area contributed by atoms with Crippen LogP contribution in [0.2, 0.25) is 10.0 Å². The molecule has 0 saturated heterocycles. The highest BCUT2D eigenvalue weighted by Crippen LogP contribution is 2.40.